The van der Waals surface area contributed by atoms with Gasteiger partial charge < -0.3 is 10.2 Å². The first-order valence-electron chi connectivity index (χ1n) is 9.33. The molecule has 3 heteroatoms. The summed E-state index contributed by atoms with van der Waals surface area (Å²) in [6.07, 6.45) is 12.2. The fourth-order valence-electron chi connectivity index (χ4n) is 6.62. The van der Waals surface area contributed by atoms with E-state index in [-0.39, 0.29) is 35.2 Å². The number of aliphatic hydroxyl groups is 2. The van der Waals surface area contributed by atoms with E-state index in [0.717, 1.165) is 32.1 Å². The van der Waals surface area contributed by atoms with E-state index < -0.39 is 0 Å². The predicted molar refractivity (Wildman–Crippen MR) is 93.2 cm³/mol. The number of aliphatic hydroxyl groups excluding tert-OH is 2. The monoisotopic (exact) mass is 328 g/mol. The van der Waals surface area contributed by atoms with Crippen molar-refractivity contribution >= 4 is 5.78 Å². The Morgan fingerprint density at radius 1 is 1.29 bits per heavy atom. The molecule has 0 aromatic rings. The second kappa shape index (κ2) is 5.40. The van der Waals surface area contributed by atoms with Gasteiger partial charge in [0.2, 0.25) is 0 Å². The van der Waals surface area contributed by atoms with E-state index in [1.807, 2.05) is 12.2 Å². The van der Waals surface area contributed by atoms with Crippen LogP contribution >= 0.6 is 0 Å². The summed E-state index contributed by atoms with van der Waals surface area (Å²) in [5, 5.41) is 20.5. The maximum Gasteiger partial charge on any atom is 0.178 e. The lowest BCUT2D eigenvalue weighted by atomic mass is 9.47. The van der Waals surface area contributed by atoms with Crippen LogP contribution in [0.2, 0.25) is 0 Å². The SMILES string of the molecule is C[C@]12C=CC(=O)C=C1CC[C@H]1[C@H]2[C@@H](O)C[C@@]2(C)/C(=C\CO)CC[C@H]12. The van der Waals surface area contributed by atoms with Gasteiger partial charge in [0.05, 0.1) is 12.7 Å². The molecule has 0 aliphatic heterocycles. The molecular formula is C21H28O3. The summed E-state index contributed by atoms with van der Waals surface area (Å²) in [4.78, 5) is 11.8. The van der Waals surface area contributed by atoms with E-state index in [9.17, 15) is 15.0 Å². The smallest absolute Gasteiger partial charge is 0.178 e. The van der Waals surface area contributed by atoms with Crippen molar-refractivity contribution in [2.75, 3.05) is 6.61 Å². The summed E-state index contributed by atoms with van der Waals surface area (Å²) in [5.74, 6) is 1.36. The van der Waals surface area contributed by atoms with Gasteiger partial charge in [0, 0.05) is 11.3 Å². The maximum atomic E-state index is 11.8. The first kappa shape index (κ1) is 16.3. The molecule has 0 unspecified atom stereocenters. The number of ketones is 1. The van der Waals surface area contributed by atoms with E-state index in [1.165, 1.54) is 11.1 Å². The lowest BCUT2D eigenvalue weighted by Crippen LogP contribution is -2.55. The number of hydrogen-bond acceptors (Lipinski definition) is 3. The van der Waals surface area contributed by atoms with Gasteiger partial charge in [0.15, 0.2) is 5.78 Å². The highest BCUT2D eigenvalue weighted by atomic mass is 16.3. The van der Waals surface area contributed by atoms with Crippen LogP contribution in [0.5, 0.6) is 0 Å². The Morgan fingerprint density at radius 2 is 2.08 bits per heavy atom. The average Bonchev–Trinajstić information content (AvgIpc) is 2.84. The summed E-state index contributed by atoms with van der Waals surface area (Å²) in [5.41, 5.74) is 2.40. The van der Waals surface area contributed by atoms with Crippen LogP contribution in [-0.2, 0) is 4.79 Å². The number of hydrogen-bond donors (Lipinski definition) is 2. The molecule has 0 radical (unpaired) electrons. The molecule has 2 N–H and O–H groups in total. The Balaban J connectivity index is 1.74. The molecule has 3 nitrogen and oxygen atoms in total. The van der Waals surface area contributed by atoms with Crippen LogP contribution in [0.15, 0.2) is 35.5 Å². The summed E-state index contributed by atoms with van der Waals surface area (Å²) in [6.45, 7) is 4.60. The summed E-state index contributed by atoms with van der Waals surface area (Å²) in [6, 6.07) is 0. The first-order chi connectivity index (χ1) is 11.4. The molecule has 0 saturated heterocycles. The fraction of sp³-hybridized carbons (Fsp3) is 0.667. The zero-order valence-corrected chi connectivity index (χ0v) is 14.7. The third kappa shape index (κ3) is 2.07. The van der Waals surface area contributed by atoms with Crippen LogP contribution in [0.25, 0.3) is 0 Å². The zero-order chi connectivity index (χ0) is 17.1. The van der Waals surface area contributed by atoms with Crippen molar-refractivity contribution < 1.29 is 15.0 Å². The Morgan fingerprint density at radius 3 is 2.83 bits per heavy atom. The lowest BCUT2D eigenvalue weighted by molar-refractivity contribution is -0.112. The number of carbonyl (C=O) groups is 1. The molecule has 130 valence electrons. The quantitative estimate of drug-likeness (QED) is 0.727. The molecule has 0 aromatic heterocycles. The highest BCUT2D eigenvalue weighted by molar-refractivity contribution is 6.01. The molecule has 4 aliphatic rings. The Hall–Kier alpha value is -1.19. The Bertz CT molecular complexity index is 658. The van der Waals surface area contributed by atoms with E-state index >= 15 is 0 Å². The third-order valence-electron chi connectivity index (χ3n) is 7.68. The van der Waals surface area contributed by atoms with Crippen LogP contribution < -0.4 is 0 Å². The predicted octanol–water partition coefficient (Wildman–Crippen LogP) is 3.18. The molecule has 0 heterocycles. The van der Waals surface area contributed by atoms with Crippen molar-refractivity contribution in [1.29, 1.82) is 0 Å². The molecule has 4 aliphatic carbocycles. The van der Waals surface area contributed by atoms with Crippen molar-refractivity contribution in [3.8, 4) is 0 Å². The van der Waals surface area contributed by atoms with E-state index in [2.05, 4.69) is 19.9 Å². The minimum Gasteiger partial charge on any atom is -0.393 e. The largest absolute Gasteiger partial charge is 0.393 e. The van der Waals surface area contributed by atoms with Crippen molar-refractivity contribution in [3.63, 3.8) is 0 Å². The first-order valence-corrected chi connectivity index (χ1v) is 9.33. The molecule has 3 saturated carbocycles. The molecule has 0 spiro atoms. The van der Waals surface area contributed by atoms with Crippen molar-refractivity contribution in [2.45, 2.75) is 52.1 Å². The Labute approximate surface area is 144 Å². The number of carbonyl (C=O) groups excluding carboxylic acids is 1. The van der Waals surface area contributed by atoms with Gasteiger partial charge in [-0.2, -0.15) is 0 Å². The van der Waals surface area contributed by atoms with Crippen LogP contribution in [-0.4, -0.2) is 28.7 Å². The van der Waals surface area contributed by atoms with Crippen LogP contribution in [0.3, 0.4) is 0 Å². The maximum absolute atomic E-state index is 11.8. The van der Waals surface area contributed by atoms with Crippen molar-refractivity contribution in [3.05, 3.63) is 35.5 Å². The molecular weight excluding hydrogens is 300 g/mol. The molecule has 24 heavy (non-hydrogen) atoms. The van der Waals surface area contributed by atoms with Crippen LogP contribution in [0, 0.1) is 28.6 Å². The minimum atomic E-state index is -0.358. The van der Waals surface area contributed by atoms with Gasteiger partial charge in [-0.25, -0.2) is 0 Å². The number of allylic oxidation sites excluding steroid dienone is 5. The second-order valence-corrected chi connectivity index (χ2v) is 8.66. The van der Waals surface area contributed by atoms with Gasteiger partial charge in [-0.3, -0.25) is 4.79 Å². The van der Waals surface area contributed by atoms with Crippen LogP contribution in [0.4, 0.5) is 0 Å². The third-order valence-corrected chi connectivity index (χ3v) is 7.68. The van der Waals surface area contributed by atoms with Gasteiger partial charge in [-0.05, 0) is 61.5 Å². The topological polar surface area (TPSA) is 57.5 Å². The van der Waals surface area contributed by atoms with Crippen LogP contribution in [0.1, 0.15) is 46.0 Å². The van der Waals surface area contributed by atoms with Crippen molar-refractivity contribution in [2.24, 2.45) is 28.6 Å². The normalized spacial score (nSPS) is 48.8. The number of fused-ring (bicyclic) bond motifs is 5. The molecule has 3 fully saturated rings. The average molecular weight is 328 g/mol. The standard InChI is InChI=1S/C21H28O3/c1-20-9-7-15(23)11-14(20)3-5-16-17-6-4-13(8-10-22)21(17,2)12-18(24)19(16)20/h7-9,11,16-19,22,24H,3-6,10,12H2,1-2H3/b13-8-/t16-,17-,18+,19+,20+,21+/m1/s1. The lowest BCUT2D eigenvalue weighted by Gasteiger charge is -2.58. The van der Waals surface area contributed by atoms with E-state index in [1.54, 1.807) is 6.08 Å². The highest BCUT2D eigenvalue weighted by Gasteiger charge is 2.60. The molecule has 4 rings (SSSR count). The second-order valence-electron chi connectivity index (χ2n) is 8.66. The molecule has 0 aromatic carbocycles. The van der Waals surface area contributed by atoms with E-state index in [0.29, 0.717) is 11.8 Å². The summed E-state index contributed by atoms with van der Waals surface area (Å²) >= 11 is 0. The zero-order valence-electron chi connectivity index (χ0n) is 14.7. The molecule has 0 amide bonds. The summed E-state index contributed by atoms with van der Waals surface area (Å²) in [7, 11) is 0. The molecule has 0 bridgehead atoms. The highest BCUT2D eigenvalue weighted by Crippen LogP contribution is 2.65. The van der Waals surface area contributed by atoms with Gasteiger partial charge in [-0.15, -0.1) is 0 Å². The molecule has 6 atom stereocenters. The van der Waals surface area contributed by atoms with Gasteiger partial charge in [-0.1, -0.05) is 37.1 Å². The Kier molecular flexibility index (Phi) is 3.67. The van der Waals surface area contributed by atoms with Gasteiger partial charge >= 0.3 is 0 Å². The number of rotatable bonds is 1. The van der Waals surface area contributed by atoms with E-state index in [4.69, 9.17) is 0 Å². The fourth-order valence-corrected chi connectivity index (χ4v) is 6.62. The minimum absolute atomic E-state index is 0.0229. The summed E-state index contributed by atoms with van der Waals surface area (Å²) < 4.78 is 0. The van der Waals surface area contributed by atoms with Gasteiger partial charge in [0.1, 0.15) is 0 Å². The van der Waals surface area contributed by atoms with Crippen molar-refractivity contribution in [1.82, 2.24) is 0 Å². The van der Waals surface area contributed by atoms with Gasteiger partial charge in [0.25, 0.3) is 0 Å².